The monoisotopic (exact) mass is 282 g/mol. The fraction of sp³-hybridized carbons (Fsp3) is 0.353. The molecule has 1 saturated carbocycles. The Morgan fingerprint density at radius 1 is 1.14 bits per heavy atom. The van der Waals surface area contributed by atoms with Crippen LogP contribution in [-0.4, -0.2) is 24.5 Å². The van der Waals surface area contributed by atoms with E-state index < -0.39 is 0 Å². The van der Waals surface area contributed by atoms with Gasteiger partial charge in [0.1, 0.15) is 5.76 Å². The molecule has 2 fully saturated rings. The Labute approximate surface area is 123 Å². The molecular formula is C17H18N2O2. The lowest BCUT2D eigenvalue weighted by molar-refractivity contribution is 0.0901. The molecule has 2 N–H and O–H groups in total. The molecule has 108 valence electrons. The second kappa shape index (κ2) is 5.04. The quantitative estimate of drug-likeness (QED) is 0.909. The largest absolute Gasteiger partial charge is 0.451 e. The zero-order valence-electron chi connectivity index (χ0n) is 11.7. The average molecular weight is 282 g/mol. The van der Waals surface area contributed by atoms with E-state index >= 15 is 0 Å². The first-order chi connectivity index (χ1) is 10.3. The fourth-order valence-corrected chi connectivity index (χ4v) is 3.47. The lowest BCUT2D eigenvalue weighted by Gasteiger charge is -2.23. The van der Waals surface area contributed by atoms with Gasteiger partial charge in [-0.3, -0.25) is 4.79 Å². The minimum absolute atomic E-state index is 0.114. The third-order valence-electron chi connectivity index (χ3n) is 4.53. The van der Waals surface area contributed by atoms with Gasteiger partial charge < -0.3 is 15.1 Å². The van der Waals surface area contributed by atoms with Crippen LogP contribution in [0.4, 0.5) is 0 Å². The second-order valence-corrected chi connectivity index (χ2v) is 5.96. The molecule has 1 amide bonds. The Morgan fingerprint density at radius 3 is 2.71 bits per heavy atom. The maximum absolute atomic E-state index is 12.3. The predicted octanol–water partition coefficient (Wildman–Crippen LogP) is 2.43. The normalized spacial score (nSPS) is 27.0. The van der Waals surface area contributed by atoms with Crippen molar-refractivity contribution in [2.45, 2.75) is 24.9 Å². The Balaban J connectivity index is 1.47. The van der Waals surface area contributed by atoms with Crippen LogP contribution in [0.15, 0.2) is 46.9 Å². The van der Waals surface area contributed by atoms with Gasteiger partial charge in [0.05, 0.1) is 0 Å². The topological polar surface area (TPSA) is 54.3 Å². The van der Waals surface area contributed by atoms with Crippen LogP contribution >= 0.6 is 0 Å². The molecular weight excluding hydrogens is 264 g/mol. The zero-order valence-corrected chi connectivity index (χ0v) is 11.7. The van der Waals surface area contributed by atoms with Crippen LogP contribution in [0.25, 0.3) is 11.3 Å². The molecule has 0 spiro atoms. The summed E-state index contributed by atoms with van der Waals surface area (Å²) in [6, 6.07) is 14.1. The second-order valence-electron chi connectivity index (χ2n) is 5.96. The molecule has 1 saturated heterocycles. The van der Waals surface area contributed by atoms with Gasteiger partial charge >= 0.3 is 0 Å². The van der Waals surface area contributed by atoms with Crippen molar-refractivity contribution in [1.29, 1.82) is 0 Å². The van der Waals surface area contributed by atoms with Crippen molar-refractivity contribution in [2.75, 3.05) is 6.54 Å². The van der Waals surface area contributed by atoms with Crippen LogP contribution < -0.4 is 10.6 Å². The van der Waals surface area contributed by atoms with E-state index in [1.807, 2.05) is 36.4 Å². The SMILES string of the molecule is O=C(NC1CC2CNC1C2)c1ccc(-c2ccccc2)o1. The van der Waals surface area contributed by atoms with Crippen molar-refractivity contribution in [3.05, 3.63) is 48.2 Å². The van der Waals surface area contributed by atoms with Gasteiger partial charge in [-0.25, -0.2) is 0 Å². The van der Waals surface area contributed by atoms with Crippen molar-refractivity contribution in [2.24, 2.45) is 5.92 Å². The Morgan fingerprint density at radius 2 is 2.00 bits per heavy atom. The van der Waals surface area contributed by atoms with Gasteiger partial charge in [0.2, 0.25) is 0 Å². The van der Waals surface area contributed by atoms with Crippen molar-refractivity contribution in [1.82, 2.24) is 10.6 Å². The van der Waals surface area contributed by atoms with Crippen LogP contribution in [0.1, 0.15) is 23.4 Å². The highest BCUT2D eigenvalue weighted by molar-refractivity contribution is 5.92. The summed E-state index contributed by atoms with van der Waals surface area (Å²) in [6.45, 7) is 1.09. The molecule has 4 rings (SSSR count). The third-order valence-corrected chi connectivity index (χ3v) is 4.53. The van der Waals surface area contributed by atoms with E-state index in [9.17, 15) is 4.79 Å². The number of carbonyl (C=O) groups excluding carboxylic acids is 1. The number of amides is 1. The Bertz CT molecular complexity index is 650. The lowest BCUT2D eigenvalue weighted by Crippen LogP contribution is -2.47. The van der Waals surface area contributed by atoms with Crippen molar-refractivity contribution >= 4 is 5.91 Å². The van der Waals surface area contributed by atoms with Gasteiger partial charge in [0.15, 0.2) is 5.76 Å². The summed E-state index contributed by atoms with van der Waals surface area (Å²) in [5.41, 5.74) is 0.984. The number of rotatable bonds is 3. The number of nitrogens with one attached hydrogen (secondary N) is 2. The van der Waals surface area contributed by atoms with Gasteiger partial charge in [0, 0.05) is 17.6 Å². The van der Waals surface area contributed by atoms with E-state index in [4.69, 9.17) is 4.42 Å². The van der Waals surface area contributed by atoms with E-state index in [0.717, 1.165) is 30.2 Å². The van der Waals surface area contributed by atoms with Crippen LogP contribution in [0.2, 0.25) is 0 Å². The Hall–Kier alpha value is -2.07. The summed E-state index contributed by atoms with van der Waals surface area (Å²) in [7, 11) is 0. The van der Waals surface area contributed by atoms with Crippen molar-refractivity contribution in [3.63, 3.8) is 0 Å². The minimum Gasteiger partial charge on any atom is -0.451 e. The van der Waals surface area contributed by atoms with E-state index in [1.165, 1.54) is 6.42 Å². The summed E-state index contributed by atoms with van der Waals surface area (Å²) in [5.74, 6) is 1.72. The van der Waals surface area contributed by atoms with Crippen molar-refractivity contribution < 1.29 is 9.21 Å². The molecule has 0 radical (unpaired) electrons. The predicted molar refractivity (Wildman–Crippen MR) is 79.9 cm³/mol. The van der Waals surface area contributed by atoms with Crippen LogP contribution in [0.5, 0.6) is 0 Å². The standard InChI is InChI=1S/C17H18N2O2/c20-17(19-14-9-11-8-13(14)18-10-11)16-7-6-15(21-16)12-4-2-1-3-5-12/h1-7,11,13-14,18H,8-10H2,(H,19,20). The molecule has 1 aliphatic carbocycles. The Kier molecular flexibility index (Phi) is 3.04. The molecule has 1 aromatic heterocycles. The van der Waals surface area contributed by atoms with Gasteiger partial charge in [-0.05, 0) is 37.4 Å². The third kappa shape index (κ3) is 2.36. The van der Waals surface area contributed by atoms with Crippen LogP contribution in [0.3, 0.4) is 0 Å². The molecule has 4 nitrogen and oxygen atoms in total. The summed E-state index contributed by atoms with van der Waals surface area (Å²) in [6.07, 6.45) is 2.26. The van der Waals surface area contributed by atoms with Crippen LogP contribution in [0, 0.1) is 5.92 Å². The first kappa shape index (κ1) is 12.7. The highest BCUT2D eigenvalue weighted by Gasteiger charge is 2.40. The molecule has 1 aliphatic heterocycles. The molecule has 3 atom stereocenters. The van der Waals surface area contributed by atoms with E-state index in [0.29, 0.717) is 11.8 Å². The van der Waals surface area contributed by atoms with Gasteiger partial charge in [-0.15, -0.1) is 0 Å². The molecule has 2 heterocycles. The van der Waals surface area contributed by atoms with Crippen molar-refractivity contribution in [3.8, 4) is 11.3 Å². The fourth-order valence-electron chi connectivity index (χ4n) is 3.47. The first-order valence-corrected chi connectivity index (χ1v) is 7.49. The summed E-state index contributed by atoms with van der Waals surface area (Å²) >= 11 is 0. The number of hydrogen-bond donors (Lipinski definition) is 2. The smallest absolute Gasteiger partial charge is 0.287 e. The molecule has 4 heteroatoms. The molecule has 2 bridgehead atoms. The molecule has 1 aromatic carbocycles. The first-order valence-electron chi connectivity index (χ1n) is 7.49. The molecule has 3 unspecified atom stereocenters. The van der Waals surface area contributed by atoms with E-state index in [1.54, 1.807) is 6.07 Å². The lowest BCUT2D eigenvalue weighted by atomic mass is 10.1. The van der Waals surface area contributed by atoms with E-state index in [-0.39, 0.29) is 11.9 Å². The van der Waals surface area contributed by atoms with Gasteiger partial charge in [-0.1, -0.05) is 30.3 Å². The van der Waals surface area contributed by atoms with Crippen LogP contribution in [-0.2, 0) is 0 Å². The van der Waals surface area contributed by atoms with Gasteiger partial charge in [-0.2, -0.15) is 0 Å². The molecule has 2 aliphatic rings. The summed E-state index contributed by atoms with van der Waals surface area (Å²) in [5, 5.41) is 6.54. The summed E-state index contributed by atoms with van der Waals surface area (Å²) < 4.78 is 5.69. The number of benzene rings is 1. The van der Waals surface area contributed by atoms with E-state index in [2.05, 4.69) is 10.6 Å². The minimum atomic E-state index is -0.114. The number of fused-ring (bicyclic) bond motifs is 2. The number of furan rings is 1. The highest BCUT2D eigenvalue weighted by Crippen LogP contribution is 2.31. The highest BCUT2D eigenvalue weighted by atomic mass is 16.3. The maximum Gasteiger partial charge on any atom is 0.287 e. The maximum atomic E-state index is 12.3. The summed E-state index contributed by atoms with van der Waals surface area (Å²) in [4.78, 5) is 12.3. The molecule has 21 heavy (non-hydrogen) atoms. The number of carbonyl (C=O) groups is 1. The average Bonchev–Trinajstić information content (AvgIpc) is 3.24. The number of piperidine rings is 1. The van der Waals surface area contributed by atoms with Gasteiger partial charge in [0.25, 0.3) is 5.91 Å². The zero-order chi connectivity index (χ0) is 14.2. The molecule has 2 aromatic rings. The number of hydrogen-bond acceptors (Lipinski definition) is 3.